The smallest absolute Gasteiger partial charge is 0.273 e. The molecular formula is C17H23N3O4. The van der Waals surface area contributed by atoms with Crippen molar-refractivity contribution in [1.29, 1.82) is 0 Å². The number of benzene rings is 1. The molecule has 24 heavy (non-hydrogen) atoms. The van der Waals surface area contributed by atoms with Gasteiger partial charge in [-0.1, -0.05) is 13.8 Å². The van der Waals surface area contributed by atoms with E-state index in [1.165, 1.54) is 25.0 Å². The molecule has 1 aromatic carbocycles. The number of nitro groups is 1. The third-order valence-electron chi connectivity index (χ3n) is 4.65. The van der Waals surface area contributed by atoms with Crippen LogP contribution in [0.1, 0.15) is 26.7 Å². The van der Waals surface area contributed by atoms with E-state index in [1.807, 2.05) is 13.8 Å². The van der Waals surface area contributed by atoms with Gasteiger partial charge in [0, 0.05) is 19.2 Å². The van der Waals surface area contributed by atoms with Gasteiger partial charge in [0.25, 0.3) is 11.6 Å². The van der Waals surface area contributed by atoms with Crippen LogP contribution in [0.2, 0.25) is 0 Å². The summed E-state index contributed by atoms with van der Waals surface area (Å²) in [6.07, 6.45) is 1.81. The van der Waals surface area contributed by atoms with E-state index in [0.29, 0.717) is 18.0 Å². The fourth-order valence-corrected chi connectivity index (χ4v) is 3.29. The highest BCUT2D eigenvalue weighted by Crippen LogP contribution is 2.38. The minimum absolute atomic E-state index is 0.000742. The highest BCUT2D eigenvalue weighted by molar-refractivity contribution is 6.00. The predicted octanol–water partition coefficient (Wildman–Crippen LogP) is 2.44. The van der Waals surface area contributed by atoms with Crippen LogP contribution in [0.3, 0.4) is 0 Å². The number of fused-ring (bicyclic) bond motifs is 1. The van der Waals surface area contributed by atoms with Gasteiger partial charge in [-0.3, -0.25) is 14.9 Å². The minimum atomic E-state index is -0.599. The third-order valence-corrected chi connectivity index (χ3v) is 4.65. The second-order valence-electron chi connectivity index (χ2n) is 6.73. The van der Waals surface area contributed by atoms with E-state index in [1.54, 1.807) is 11.0 Å². The zero-order valence-electron chi connectivity index (χ0n) is 14.1. The van der Waals surface area contributed by atoms with Gasteiger partial charge in [-0.25, -0.2) is 0 Å². The first-order chi connectivity index (χ1) is 11.5. The van der Waals surface area contributed by atoms with Gasteiger partial charge >= 0.3 is 0 Å². The van der Waals surface area contributed by atoms with Gasteiger partial charge in [-0.15, -0.1) is 0 Å². The number of carbonyl (C=O) groups excluding carboxylic acids is 1. The molecule has 1 saturated heterocycles. The Morgan fingerprint density at radius 3 is 2.62 bits per heavy atom. The van der Waals surface area contributed by atoms with Gasteiger partial charge in [0.1, 0.15) is 0 Å². The van der Waals surface area contributed by atoms with E-state index >= 15 is 0 Å². The van der Waals surface area contributed by atoms with Gasteiger partial charge in [-0.2, -0.15) is 0 Å². The minimum Gasteiger partial charge on any atom is -0.478 e. The molecule has 0 aliphatic carbocycles. The first-order valence-electron chi connectivity index (χ1n) is 8.46. The number of anilines is 1. The van der Waals surface area contributed by atoms with E-state index in [4.69, 9.17) is 4.74 Å². The van der Waals surface area contributed by atoms with Crippen LogP contribution in [0.4, 0.5) is 11.4 Å². The number of hydrogen-bond donors (Lipinski definition) is 0. The Morgan fingerprint density at radius 1 is 1.29 bits per heavy atom. The molecule has 2 heterocycles. The molecule has 0 radical (unpaired) electrons. The molecule has 1 unspecified atom stereocenters. The zero-order valence-corrected chi connectivity index (χ0v) is 14.1. The second kappa shape index (κ2) is 6.76. The van der Waals surface area contributed by atoms with Crippen LogP contribution in [0.25, 0.3) is 0 Å². The lowest BCUT2D eigenvalue weighted by Gasteiger charge is -2.36. The predicted molar refractivity (Wildman–Crippen MR) is 90.4 cm³/mol. The molecule has 0 aromatic heterocycles. The largest absolute Gasteiger partial charge is 0.478 e. The lowest BCUT2D eigenvalue weighted by molar-refractivity contribution is -0.384. The van der Waals surface area contributed by atoms with Crippen LogP contribution >= 0.6 is 0 Å². The van der Waals surface area contributed by atoms with Crippen molar-refractivity contribution in [3.63, 3.8) is 0 Å². The summed E-state index contributed by atoms with van der Waals surface area (Å²) in [5, 5.41) is 11.0. The van der Waals surface area contributed by atoms with Crippen molar-refractivity contribution in [3.8, 4) is 5.75 Å². The highest BCUT2D eigenvalue weighted by Gasteiger charge is 2.37. The van der Waals surface area contributed by atoms with Crippen LogP contribution < -0.4 is 9.64 Å². The molecule has 1 amide bonds. The lowest BCUT2D eigenvalue weighted by Crippen LogP contribution is -2.50. The average Bonchev–Trinajstić information content (AvgIpc) is 3.06. The number of rotatable bonds is 5. The van der Waals surface area contributed by atoms with Crippen molar-refractivity contribution in [2.75, 3.05) is 31.1 Å². The molecule has 1 atom stereocenters. The molecule has 7 nitrogen and oxygen atoms in total. The highest BCUT2D eigenvalue weighted by atomic mass is 16.6. The number of ether oxygens (including phenoxy) is 1. The SMILES string of the molecule is CC(C)C1Oc2cc([N+](=O)[O-])ccc2N(CCN2CCCC2)C1=O. The zero-order chi connectivity index (χ0) is 17.3. The Bertz CT molecular complexity index is 641. The van der Waals surface area contributed by atoms with E-state index in [2.05, 4.69) is 4.90 Å². The van der Waals surface area contributed by atoms with Gasteiger partial charge < -0.3 is 14.5 Å². The molecular weight excluding hydrogens is 310 g/mol. The van der Waals surface area contributed by atoms with Crippen molar-refractivity contribution >= 4 is 17.3 Å². The number of non-ortho nitro benzene ring substituents is 1. The number of nitro benzene ring substituents is 1. The summed E-state index contributed by atoms with van der Waals surface area (Å²) in [7, 11) is 0. The third kappa shape index (κ3) is 3.21. The van der Waals surface area contributed by atoms with Gasteiger partial charge in [0.15, 0.2) is 11.9 Å². The fourth-order valence-electron chi connectivity index (χ4n) is 3.29. The standard InChI is InChI=1S/C17H23N3O4/c1-12(2)16-17(21)19(10-9-18-7-3-4-8-18)14-6-5-13(20(22)23)11-15(14)24-16/h5-6,11-12,16H,3-4,7-10H2,1-2H3. The van der Waals surface area contributed by atoms with Crippen LogP contribution in [-0.4, -0.2) is 48.0 Å². The lowest BCUT2D eigenvalue weighted by atomic mass is 10.0. The maximum Gasteiger partial charge on any atom is 0.273 e. The molecule has 0 bridgehead atoms. The summed E-state index contributed by atoms with van der Waals surface area (Å²) >= 11 is 0. The Hall–Kier alpha value is -2.15. The summed E-state index contributed by atoms with van der Waals surface area (Å²) < 4.78 is 5.79. The molecule has 2 aliphatic rings. The molecule has 0 saturated carbocycles. The van der Waals surface area contributed by atoms with E-state index in [9.17, 15) is 14.9 Å². The number of nitrogens with zero attached hydrogens (tertiary/aromatic N) is 3. The maximum absolute atomic E-state index is 12.8. The monoisotopic (exact) mass is 333 g/mol. The molecule has 7 heteroatoms. The molecule has 130 valence electrons. The van der Waals surface area contributed by atoms with Crippen molar-refractivity contribution < 1.29 is 14.5 Å². The summed E-state index contributed by atoms with van der Waals surface area (Å²) in [5.41, 5.74) is 0.604. The number of carbonyl (C=O) groups is 1. The van der Waals surface area contributed by atoms with E-state index in [0.717, 1.165) is 19.6 Å². The second-order valence-corrected chi connectivity index (χ2v) is 6.73. The Morgan fingerprint density at radius 2 is 2.00 bits per heavy atom. The molecule has 1 aromatic rings. The van der Waals surface area contributed by atoms with Crippen molar-refractivity contribution in [2.45, 2.75) is 32.8 Å². The first-order valence-corrected chi connectivity index (χ1v) is 8.46. The summed E-state index contributed by atoms with van der Waals surface area (Å²) in [6, 6.07) is 4.46. The van der Waals surface area contributed by atoms with E-state index < -0.39 is 11.0 Å². The van der Waals surface area contributed by atoms with E-state index in [-0.39, 0.29) is 17.5 Å². The van der Waals surface area contributed by atoms with Crippen molar-refractivity contribution in [3.05, 3.63) is 28.3 Å². The summed E-state index contributed by atoms with van der Waals surface area (Å²) in [6.45, 7) is 7.37. The average molecular weight is 333 g/mol. The topological polar surface area (TPSA) is 75.9 Å². The summed E-state index contributed by atoms with van der Waals surface area (Å²) in [5.74, 6) is 0.355. The molecule has 0 spiro atoms. The van der Waals surface area contributed by atoms with Crippen LogP contribution in [-0.2, 0) is 4.79 Å². The van der Waals surface area contributed by atoms with Crippen molar-refractivity contribution in [2.24, 2.45) is 5.92 Å². The maximum atomic E-state index is 12.8. The van der Waals surface area contributed by atoms with Crippen LogP contribution in [0.15, 0.2) is 18.2 Å². The molecule has 3 rings (SSSR count). The van der Waals surface area contributed by atoms with Gasteiger partial charge in [0.2, 0.25) is 0 Å². The number of hydrogen-bond acceptors (Lipinski definition) is 5. The number of amides is 1. The molecule has 1 fully saturated rings. The fraction of sp³-hybridized carbons (Fsp3) is 0.588. The van der Waals surface area contributed by atoms with Gasteiger partial charge in [0.05, 0.1) is 16.7 Å². The van der Waals surface area contributed by atoms with Crippen LogP contribution in [0, 0.1) is 16.0 Å². The number of likely N-dealkylation sites (tertiary alicyclic amines) is 1. The first kappa shape index (κ1) is 16.7. The van der Waals surface area contributed by atoms with Crippen LogP contribution in [0.5, 0.6) is 5.75 Å². The summed E-state index contributed by atoms with van der Waals surface area (Å²) in [4.78, 5) is 27.4. The molecule has 2 aliphatic heterocycles. The van der Waals surface area contributed by atoms with Crippen molar-refractivity contribution in [1.82, 2.24) is 4.90 Å². The quantitative estimate of drug-likeness (QED) is 0.611. The molecule has 0 N–H and O–H groups in total. The Labute approximate surface area is 141 Å². The Balaban J connectivity index is 1.87. The Kier molecular flexibility index (Phi) is 4.71. The normalized spacial score (nSPS) is 21.0. The van der Waals surface area contributed by atoms with Gasteiger partial charge in [-0.05, 0) is 37.9 Å².